The Kier molecular flexibility index (Phi) is 5.61. The fourth-order valence-corrected chi connectivity index (χ4v) is 2.75. The number of hydrogen-bond donors (Lipinski definition) is 1. The van der Waals surface area contributed by atoms with Crippen LogP contribution in [0.1, 0.15) is 33.6 Å². The number of anilines is 1. The minimum Gasteiger partial charge on any atom is -0.452 e. The highest BCUT2D eigenvalue weighted by Crippen LogP contribution is 2.18. The van der Waals surface area contributed by atoms with Gasteiger partial charge in [-0.1, -0.05) is 30.3 Å². The summed E-state index contributed by atoms with van der Waals surface area (Å²) in [5, 5.41) is 2.67. The van der Waals surface area contributed by atoms with Crippen LogP contribution in [-0.4, -0.2) is 41.7 Å². The van der Waals surface area contributed by atoms with E-state index < -0.39 is 18.5 Å². The molecule has 2 aromatic rings. The maximum atomic E-state index is 12.4. The van der Waals surface area contributed by atoms with Crippen molar-refractivity contribution in [1.29, 1.82) is 0 Å². The Morgan fingerprint density at radius 1 is 1.00 bits per heavy atom. The van der Waals surface area contributed by atoms with E-state index in [4.69, 9.17) is 4.74 Å². The van der Waals surface area contributed by atoms with Crippen molar-refractivity contribution in [2.24, 2.45) is 0 Å². The molecule has 0 saturated carbocycles. The molecular formula is C20H18N2O5. The van der Waals surface area contributed by atoms with E-state index in [0.29, 0.717) is 24.9 Å². The number of ether oxygens (including phenoxy) is 1. The number of likely N-dealkylation sites (tertiary alicyclic amines) is 1. The van der Waals surface area contributed by atoms with Gasteiger partial charge >= 0.3 is 5.97 Å². The molecule has 0 unspecified atom stereocenters. The summed E-state index contributed by atoms with van der Waals surface area (Å²) in [7, 11) is 0. The number of hydrogen-bond acceptors (Lipinski definition) is 5. The first-order valence-electron chi connectivity index (χ1n) is 8.52. The fourth-order valence-electron chi connectivity index (χ4n) is 2.75. The Morgan fingerprint density at radius 2 is 1.70 bits per heavy atom. The molecule has 3 amide bonds. The molecule has 138 valence electrons. The van der Waals surface area contributed by atoms with Crippen LogP contribution >= 0.6 is 0 Å². The van der Waals surface area contributed by atoms with E-state index in [0.717, 1.165) is 4.90 Å². The third kappa shape index (κ3) is 4.38. The molecule has 1 fully saturated rings. The Bertz CT molecular complexity index is 879. The van der Waals surface area contributed by atoms with Gasteiger partial charge in [0.1, 0.15) is 0 Å². The Balaban J connectivity index is 1.66. The highest BCUT2D eigenvalue weighted by atomic mass is 16.5. The van der Waals surface area contributed by atoms with Gasteiger partial charge in [0.25, 0.3) is 11.8 Å². The zero-order valence-electron chi connectivity index (χ0n) is 14.5. The van der Waals surface area contributed by atoms with Crippen LogP contribution in [-0.2, 0) is 14.3 Å². The number of para-hydroxylation sites is 1. The first-order chi connectivity index (χ1) is 13.1. The quantitative estimate of drug-likeness (QED) is 0.820. The second kappa shape index (κ2) is 8.27. The third-order valence-corrected chi connectivity index (χ3v) is 4.13. The van der Waals surface area contributed by atoms with E-state index in [9.17, 15) is 19.2 Å². The normalized spacial score (nSPS) is 13.3. The Morgan fingerprint density at radius 3 is 2.41 bits per heavy atom. The van der Waals surface area contributed by atoms with E-state index in [-0.39, 0.29) is 23.1 Å². The first-order valence-corrected chi connectivity index (χ1v) is 8.52. The van der Waals surface area contributed by atoms with Crippen molar-refractivity contribution in [2.45, 2.75) is 12.8 Å². The van der Waals surface area contributed by atoms with E-state index in [1.165, 1.54) is 6.07 Å². The van der Waals surface area contributed by atoms with Crippen molar-refractivity contribution < 1.29 is 23.9 Å². The summed E-state index contributed by atoms with van der Waals surface area (Å²) in [6.45, 7) is -0.176. The largest absolute Gasteiger partial charge is 0.452 e. The van der Waals surface area contributed by atoms with Gasteiger partial charge in [-0.15, -0.1) is 0 Å². The number of carbonyl (C=O) groups excluding carboxylic acids is 4. The van der Waals surface area contributed by atoms with Gasteiger partial charge in [-0.2, -0.15) is 0 Å². The van der Waals surface area contributed by atoms with Crippen molar-refractivity contribution >= 4 is 29.4 Å². The van der Waals surface area contributed by atoms with E-state index in [1.54, 1.807) is 48.5 Å². The molecule has 0 bridgehead atoms. The Hall–Kier alpha value is -3.48. The molecule has 1 aliphatic heterocycles. The van der Waals surface area contributed by atoms with Crippen LogP contribution in [0.3, 0.4) is 0 Å². The third-order valence-electron chi connectivity index (χ3n) is 4.13. The standard InChI is InChI=1S/C20H18N2O5/c23-17-11-6-12-22(17)18(24)13-27-20(26)15-9-4-5-10-16(15)21-19(25)14-7-2-1-3-8-14/h1-5,7-10H,6,11-13H2,(H,21,25). The van der Waals surface area contributed by atoms with Crippen molar-refractivity contribution in [2.75, 3.05) is 18.5 Å². The fraction of sp³-hybridized carbons (Fsp3) is 0.200. The van der Waals surface area contributed by atoms with Crippen LogP contribution < -0.4 is 5.32 Å². The number of imide groups is 1. The minimum atomic E-state index is -0.751. The molecule has 1 saturated heterocycles. The molecule has 2 aromatic carbocycles. The lowest BCUT2D eigenvalue weighted by Crippen LogP contribution is -2.35. The van der Waals surface area contributed by atoms with Crippen molar-refractivity contribution in [1.82, 2.24) is 4.90 Å². The summed E-state index contributed by atoms with van der Waals surface area (Å²) in [6, 6.07) is 14.9. The molecule has 1 N–H and O–H groups in total. The van der Waals surface area contributed by atoms with E-state index in [1.807, 2.05) is 0 Å². The van der Waals surface area contributed by atoms with Crippen LogP contribution in [0, 0.1) is 0 Å². The highest BCUT2D eigenvalue weighted by molar-refractivity contribution is 6.08. The molecule has 0 aromatic heterocycles. The highest BCUT2D eigenvalue weighted by Gasteiger charge is 2.27. The lowest BCUT2D eigenvalue weighted by Gasteiger charge is -2.14. The topological polar surface area (TPSA) is 92.8 Å². The number of amides is 3. The molecule has 27 heavy (non-hydrogen) atoms. The average molecular weight is 366 g/mol. The molecule has 0 radical (unpaired) electrons. The molecule has 7 heteroatoms. The Labute approximate surface area is 155 Å². The van der Waals surface area contributed by atoms with Crippen molar-refractivity contribution in [3.63, 3.8) is 0 Å². The van der Waals surface area contributed by atoms with Gasteiger partial charge in [0.15, 0.2) is 6.61 Å². The molecule has 1 aliphatic rings. The van der Waals surface area contributed by atoms with Gasteiger partial charge in [-0.3, -0.25) is 19.3 Å². The summed E-state index contributed by atoms with van der Waals surface area (Å²) >= 11 is 0. The molecule has 0 spiro atoms. The van der Waals surface area contributed by atoms with Gasteiger partial charge in [0.05, 0.1) is 11.3 Å². The van der Waals surface area contributed by atoms with Gasteiger partial charge in [-0.05, 0) is 30.7 Å². The summed E-state index contributed by atoms with van der Waals surface area (Å²) in [4.78, 5) is 49.3. The van der Waals surface area contributed by atoms with E-state index >= 15 is 0 Å². The van der Waals surface area contributed by atoms with Crippen LogP contribution in [0.15, 0.2) is 54.6 Å². The second-order valence-corrected chi connectivity index (χ2v) is 5.98. The monoisotopic (exact) mass is 366 g/mol. The second-order valence-electron chi connectivity index (χ2n) is 5.98. The number of carbonyl (C=O) groups is 4. The van der Waals surface area contributed by atoms with Gasteiger partial charge < -0.3 is 10.1 Å². The summed E-state index contributed by atoms with van der Waals surface area (Å²) in [6.07, 6.45) is 0.945. The average Bonchev–Trinajstić information content (AvgIpc) is 3.13. The molecule has 0 atom stereocenters. The van der Waals surface area contributed by atoms with Crippen LogP contribution in [0.2, 0.25) is 0 Å². The SMILES string of the molecule is O=C(Nc1ccccc1C(=O)OCC(=O)N1CCCC1=O)c1ccccc1. The zero-order valence-corrected chi connectivity index (χ0v) is 14.5. The summed E-state index contributed by atoms with van der Waals surface area (Å²) in [5.74, 6) is -1.92. The molecule has 0 aliphatic carbocycles. The summed E-state index contributed by atoms with van der Waals surface area (Å²) in [5.41, 5.74) is 0.853. The molecule has 7 nitrogen and oxygen atoms in total. The van der Waals surface area contributed by atoms with Crippen molar-refractivity contribution in [3.05, 3.63) is 65.7 Å². The van der Waals surface area contributed by atoms with Crippen molar-refractivity contribution in [3.8, 4) is 0 Å². The van der Waals surface area contributed by atoms with Crippen LogP contribution in [0.4, 0.5) is 5.69 Å². The number of benzene rings is 2. The van der Waals surface area contributed by atoms with Gasteiger partial charge in [0, 0.05) is 18.5 Å². The van der Waals surface area contributed by atoms with Gasteiger partial charge in [-0.25, -0.2) is 4.79 Å². The molecule has 1 heterocycles. The number of esters is 1. The maximum Gasteiger partial charge on any atom is 0.340 e. The van der Waals surface area contributed by atoms with Crippen LogP contribution in [0.25, 0.3) is 0 Å². The first kappa shape index (κ1) is 18.3. The maximum absolute atomic E-state index is 12.4. The zero-order chi connectivity index (χ0) is 19.2. The number of rotatable bonds is 5. The minimum absolute atomic E-state index is 0.127. The predicted molar refractivity (Wildman–Crippen MR) is 97.1 cm³/mol. The lowest BCUT2D eigenvalue weighted by atomic mass is 10.1. The van der Waals surface area contributed by atoms with Crippen LogP contribution in [0.5, 0.6) is 0 Å². The lowest BCUT2D eigenvalue weighted by molar-refractivity contribution is -0.143. The number of nitrogens with zero attached hydrogens (tertiary/aromatic N) is 1. The predicted octanol–water partition coefficient (Wildman–Crippen LogP) is 2.24. The number of nitrogens with one attached hydrogen (secondary N) is 1. The smallest absolute Gasteiger partial charge is 0.340 e. The summed E-state index contributed by atoms with van der Waals surface area (Å²) < 4.78 is 5.04. The molecular weight excluding hydrogens is 348 g/mol. The van der Waals surface area contributed by atoms with Gasteiger partial charge in [0.2, 0.25) is 5.91 Å². The van der Waals surface area contributed by atoms with E-state index in [2.05, 4.69) is 5.32 Å². The molecule has 3 rings (SSSR count).